The summed E-state index contributed by atoms with van der Waals surface area (Å²) < 4.78 is 0. The van der Waals surface area contributed by atoms with Crippen LogP contribution < -0.4 is 5.32 Å². The molecule has 102 valence electrons. The minimum absolute atomic E-state index is 0.112. The predicted molar refractivity (Wildman–Crippen MR) is 73.5 cm³/mol. The smallest absolute Gasteiger partial charge is 0.325 e. The van der Waals surface area contributed by atoms with Crippen LogP contribution in [0.4, 0.5) is 4.79 Å². The van der Waals surface area contributed by atoms with Gasteiger partial charge in [0.05, 0.1) is 6.54 Å². The van der Waals surface area contributed by atoms with Crippen LogP contribution in [0.2, 0.25) is 0 Å². The van der Waals surface area contributed by atoms with Gasteiger partial charge in [-0.2, -0.15) is 0 Å². The standard InChI is InChI=1S/C15H20N2O2/c1-10(2)8-13-14(18)17(15(19)16-13)9-12-6-4-11(3)5-7-12/h4-7,10,13H,8-9H2,1-3H3,(H,16,19). The van der Waals surface area contributed by atoms with E-state index in [1.807, 2.05) is 45.0 Å². The van der Waals surface area contributed by atoms with Crippen LogP contribution in [0, 0.1) is 12.8 Å². The van der Waals surface area contributed by atoms with Crippen LogP contribution in [0.25, 0.3) is 0 Å². The van der Waals surface area contributed by atoms with Gasteiger partial charge < -0.3 is 5.32 Å². The highest BCUT2D eigenvalue weighted by atomic mass is 16.2. The number of hydrogen-bond acceptors (Lipinski definition) is 2. The molecule has 19 heavy (non-hydrogen) atoms. The number of carbonyl (C=O) groups excluding carboxylic acids is 2. The van der Waals surface area contributed by atoms with Crippen molar-refractivity contribution in [1.29, 1.82) is 0 Å². The molecule has 0 radical (unpaired) electrons. The van der Waals surface area contributed by atoms with Crippen molar-refractivity contribution in [2.24, 2.45) is 5.92 Å². The maximum Gasteiger partial charge on any atom is 0.325 e. The highest BCUT2D eigenvalue weighted by Crippen LogP contribution is 2.17. The van der Waals surface area contributed by atoms with E-state index in [9.17, 15) is 9.59 Å². The van der Waals surface area contributed by atoms with Crippen LogP contribution in [0.1, 0.15) is 31.4 Å². The van der Waals surface area contributed by atoms with Crippen molar-refractivity contribution in [3.05, 3.63) is 35.4 Å². The van der Waals surface area contributed by atoms with Crippen molar-refractivity contribution < 1.29 is 9.59 Å². The normalized spacial score (nSPS) is 19.2. The van der Waals surface area contributed by atoms with Crippen molar-refractivity contribution in [2.75, 3.05) is 0 Å². The SMILES string of the molecule is Cc1ccc(CN2C(=O)NC(CC(C)C)C2=O)cc1. The maximum atomic E-state index is 12.2. The molecule has 0 spiro atoms. The van der Waals surface area contributed by atoms with E-state index in [1.165, 1.54) is 10.5 Å². The number of nitrogens with one attached hydrogen (secondary N) is 1. The lowest BCUT2D eigenvalue weighted by Gasteiger charge is -2.14. The van der Waals surface area contributed by atoms with Crippen molar-refractivity contribution >= 4 is 11.9 Å². The Labute approximate surface area is 113 Å². The molecule has 4 heteroatoms. The molecule has 1 heterocycles. The second kappa shape index (κ2) is 5.43. The van der Waals surface area contributed by atoms with Crippen LogP contribution in [0.3, 0.4) is 0 Å². The van der Waals surface area contributed by atoms with Crippen LogP contribution in [0.15, 0.2) is 24.3 Å². The van der Waals surface area contributed by atoms with Gasteiger partial charge in [-0.3, -0.25) is 9.69 Å². The summed E-state index contributed by atoms with van der Waals surface area (Å²) in [6, 6.07) is 7.23. The van der Waals surface area contributed by atoms with Crippen LogP contribution in [-0.2, 0) is 11.3 Å². The number of imide groups is 1. The summed E-state index contributed by atoms with van der Waals surface area (Å²) in [7, 11) is 0. The highest BCUT2D eigenvalue weighted by molar-refractivity contribution is 6.04. The van der Waals surface area contributed by atoms with E-state index in [0.717, 1.165) is 5.56 Å². The third-order valence-electron chi connectivity index (χ3n) is 3.28. The van der Waals surface area contributed by atoms with E-state index in [4.69, 9.17) is 0 Å². The number of nitrogens with zero attached hydrogens (tertiary/aromatic N) is 1. The Morgan fingerprint density at radius 1 is 1.21 bits per heavy atom. The first-order valence-corrected chi connectivity index (χ1v) is 6.65. The zero-order valence-electron chi connectivity index (χ0n) is 11.6. The van der Waals surface area contributed by atoms with Crippen molar-refractivity contribution in [3.63, 3.8) is 0 Å². The van der Waals surface area contributed by atoms with E-state index < -0.39 is 0 Å². The third kappa shape index (κ3) is 3.13. The number of urea groups is 1. The molecule has 1 aromatic carbocycles. The molecule has 1 aromatic rings. The van der Waals surface area contributed by atoms with E-state index in [0.29, 0.717) is 18.9 Å². The second-order valence-electron chi connectivity index (χ2n) is 5.54. The summed E-state index contributed by atoms with van der Waals surface area (Å²) in [6.45, 7) is 6.44. The number of aryl methyl sites for hydroxylation is 1. The molecule has 1 aliphatic heterocycles. The van der Waals surface area contributed by atoms with Crippen LogP contribution in [0.5, 0.6) is 0 Å². The molecule has 1 fully saturated rings. The first-order chi connectivity index (χ1) is 8.97. The topological polar surface area (TPSA) is 49.4 Å². The van der Waals surface area contributed by atoms with Gasteiger partial charge in [-0.1, -0.05) is 43.7 Å². The summed E-state index contributed by atoms with van der Waals surface area (Å²) >= 11 is 0. The molecule has 1 saturated heterocycles. The number of benzene rings is 1. The number of hydrogen-bond donors (Lipinski definition) is 1. The van der Waals surface area contributed by atoms with E-state index >= 15 is 0 Å². The molecule has 0 saturated carbocycles. The average Bonchev–Trinajstić information content (AvgIpc) is 2.59. The van der Waals surface area contributed by atoms with Crippen molar-refractivity contribution in [1.82, 2.24) is 10.2 Å². The molecule has 0 bridgehead atoms. The Morgan fingerprint density at radius 2 is 1.84 bits per heavy atom. The summed E-state index contributed by atoms with van der Waals surface area (Å²) in [4.78, 5) is 25.3. The van der Waals surface area contributed by atoms with Gasteiger partial charge in [0, 0.05) is 0 Å². The molecule has 1 N–H and O–H groups in total. The average molecular weight is 260 g/mol. The van der Waals surface area contributed by atoms with Gasteiger partial charge >= 0.3 is 6.03 Å². The molecule has 0 aromatic heterocycles. The maximum absolute atomic E-state index is 12.2. The van der Waals surface area contributed by atoms with E-state index in [1.54, 1.807) is 0 Å². The molecule has 0 aliphatic carbocycles. The first-order valence-electron chi connectivity index (χ1n) is 6.65. The molecule has 2 rings (SSSR count). The fourth-order valence-electron chi connectivity index (χ4n) is 2.23. The Balaban J connectivity index is 2.06. The van der Waals surface area contributed by atoms with Crippen LogP contribution in [-0.4, -0.2) is 22.9 Å². The minimum Gasteiger partial charge on any atom is -0.326 e. The Kier molecular flexibility index (Phi) is 3.88. The van der Waals surface area contributed by atoms with Crippen molar-refractivity contribution in [2.45, 2.75) is 39.8 Å². The number of rotatable bonds is 4. The summed E-state index contributed by atoms with van der Waals surface area (Å²) in [6.07, 6.45) is 0.689. The second-order valence-corrected chi connectivity index (χ2v) is 5.54. The summed E-state index contributed by atoms with van der Waals surface area (Å²) in [5.74, 6) is 0.271. The van der Waals surface area contributed by atoms with Crippen LogP contribution >= 0.6 is 0 Å². The summed E-state index contributed by atoms with van der Waals surface area (Å²) in [5.41, 5.74) is 2.14. The van der Waals surface area contributed by atoms with Gasteiger partial charge in [0.15, 0.2) is 0 Å². The lowest BCUT2D eigenvalue weighted by Crippen LogP contribution is -2.31. The van der Waals surface area contributed by atoms with E-state index in [2.05, 4.69) is 5.32 Å². The Morgan fingerprint density at radius 3 is 2.42 bits per heavy atom. The fourth-order valence-corrected chi connectivity index (χ4v) is 2.23. The van der Waals surface area contributed by atoms with Gasteiger partial charge in [-0.25, -0.2) is 4.79 Å². The lowest BCUT2D eigenvalue weighted by molar-refractivity contribution is -0.128. The molecular formula is C15H20N2O2. The Hall–Kier alpha value is -1.84. The molecule has 1 atom stereocenters. The van der Waals surface area contributed by atoms with E-state index in [-0.39, 0.29) is 18.0 Å². The first kappa shape index (κ1) is 13.6. The van der Waals surface area contributed by atoms with Crippen molar-refractivity contribution in [3.8, 4) is 0 Å². The monoisotopic (exact) mass is 260 g/mol. The van der Waals surface area contributed by atoms with Gasteiger partial charge in [-0.05, 0) is 24.8 Å². The zero-order chi connectivity index (χ0) is 14.0. The van der Waals surface area contributed by atoms with Gasteiger partial charge in [0.1, 0.15) is 6.04 Å². The van der Waals surface area contributed by atoms with Gasteiger partial charge in [-0.15, -0.1) is 0 Å². The zero-order valence-corrected chi connectivity index (χ0v) is 11.6. The van der Waals surface area contributed by atoms with Gasteiger partial charge in [0.2, 0.25) is 0 Å². The molecule has 1 unspecified atom stereocenters. The molecular weight excluding hydrogens is 240 g/mol. The largest absolute Gasteiger partial charge is 0.326 e. The lowest BCUT2D eigenvalue weighted by atomic mass is 10.0. The minimum atomic E-state index is -0.363. The Bertz CT molecular complexity index is 479. The summed E-state index contributed by atoms with van der Waals surface area (Å²) in [5, 5.41) is 2.75. The predicted octanol–water partition coefficient (Wildman–Crippen LogP) is 2.46. The molecule has 1 aliphatic rings. The quantitative estimate of drug-likeness (QED) is 0.845. The number of amides is 3. The number of carbonyl (C=O) groups is 2. The molecule has 3 amide bonds. The highest BCUT2D eigenvalue weighted by Gasteiger charge is 2.37. The van der Waals surface area contributed by atoms with Gasteiger partial charge in [0.25, 0.3) is 5.91 Å². The third-order valence-corrected chi connectivity index (χ3v) is 3.28. The molecule has 4 nitrogen and oxygen atoms in total. The fraction of sp³-hybridized carbons (Fsp3) is 0.467.